The van der Waals surface area contributed by atoms with Gasteiger partial charge in [-0.05, 0) is 27.2 Å². The Morgan fingerprint density at radius 2 is 1.75 bits per heavy atom. The lowest BCUT2D eigenvalue weighted by Crippen LogP contribution is -2.19. The van der Waals surface area contributed by atoms with E-state index >= 15 is 0 Å². The van der Waals surface area contributed by atoms with Gasteiger partial charge in [-0.15, -0.1) is 0 Å². The van der Waals surface area contributed by atoms with Crippen molar-refractivity contribution in [3.8, 4) is 0 Å². The van der Waals surface area contributed by atoms with E-state index < -0.39 is 0 Å². The highest BCUT2D eigenvalue weighted by Gasteiger charge is 2.07. The molecule has 0 amide bonds. The Kier molecular flexibility index (Phi) is 3.06. The van der Waals surface area contributed by atoms with Crippen molar-refractivity contribution in [1.82, 2.24) is 0 Å². The van der Waals surface area contributed by atoms with Crippen LogP contribution >= 0.6 is 0 Å². The van der Waals surface area contributed by atoms with E-state index in [1.54, 1.807) is 0 Å². The molecule has 0 unspecified atom stereocenters. The maximum absolute atomic E-state index is 5.38. The molecule has 0 radical (unpaired) electrons. The van der Waals surface area contributed by atoms with Gasteiger partial charge in [0.25, 0.3) is 0 Å². The Morgan fingerprint density at radius 1 is 1.25 bits per heavy atom. The molecule has 0 saturated heterocycles. The zero-order chi connectivity index (χ0) is 6.62. The minimum absolute atomic E-state index is 0.0516. The van der Waals surface area contributed by atoms with Crippen molar-refractivity contribution in [3.63, 3.8) is 0 Å². The molecule has 0 rings (SSSR count). The Labute approximate surface area is 52.0 Å². The molecular weight excluding hydrogens is 100 g/mol. The second kappa shape index (κ2) is 3.08. The predicted molar refractivity (Wildman–Crippen MR) is 36.0 cm³/mol. The van der Waals surface area contributed by atoms with E-state index in [0.29, 0.717) is 0 Å². The van der Waals surface area contributed by atoms with E-state index in [0.717, 1.165) is 13.0 Å². The van der Waals surface area contributed by atoms with Gasteiger partial charge in [-0.2, -0.15) is 0 Å². The van der Waals surface area contributed by atoms with E-state index in [4.69, 9.17) is 4.74 Å². The average molecular weight is 116 g/mol. The lowest BCUT2D eigenvalue weighted by Gasteiger charge is -2.18. The van der Waals surface area contributed by atoms with Crippen molar-refractivity contribution in [2.45, 2.75) is 39.7 Å². The van der Waals surface area contributed by atoms with Gasteiger partial charge in [0.2, 0.25) is 0 Å². The van der Waals surface area contributed by atoms with Crippen molar-refractivity contribution in [1.29, 1.82) is 0 Å². The maximum Gasteiger partial charge on any atom is 0.0598 e. The number of rotatable bonds is 2. The summed E-state index contributed by atoms with van der Waals surface area (Å²) in [6.45, 7) is 9.21. The molecule has 0 aromatic heterocycles. The molecule has 0 N–H and O–H groups in total. The van der Waals surface area contributed by atoms with Crippen LogP contribution in [0.5, 0.6) is 0 Å². The molecule has 0 bridgehead atoms. The summed E-state index contributed by atoms with van der Waals surface area (Å²) < 4.78 is 5.38. The quantitative estimate of drug-likeness (QED) is 0.537. The van der Waals surface area contributed by atoms with Gasteiger partial charge >= 0.3 is 0 Å². The van der Waals surface area contributed by atoms with Gasteiger partial charge in [0, 0.05) is 6.61 Å². The van der Waals surface area contributed by atoms with Crippen LogP contribution in [0.15, 0.2) is 0 Å². The Balaban J connectivity index is 3.11. The van der Waals surface area contributed by atoms with Gasteiger partial charge in [0.1, 0.15) is 0 Å². The lowest BCUT2D eigenvalue weighted by molar-refractivity contribution is -0.00236. The molecule has 0 aliphatic heterocycles. The first-order valence-corrected chi connectivity index (χ1v) is 3.20. The van der Waals surface area contributed by atoms with E-state index in [1.807, 2.05) is 0 Å². The highest BCUT2D eigenvalue weighted by molar-refractivity contribution is 4.57. The van der Waals surface area contributed by atoms with Crippen LogP contribution in [0.4, 0.5) is 0 Å². The first-order valence-electron chi connectivity index (χ1n) is 3.20. The van der Waals surface area contributed by atoms with Gasteiger partial charge < -0.3 is 4.74 Å². The van der Waals surface area contributed by atoms with Crippen LogP contribution in [0.3, 0.4) is 0 Å². The first kappa shape index (κ1) is 7.96. The Bertz CT molecular complexity index is 51.9. The fourth-order valence-corrected chi connectivity index (χ4v) is 0.408. The maximum atomic E-state index is 5.38. The van der Waals surface area contributed by atoms with Gasteiger partial charge in [-0.1, -0.05) is 6.92 Å². The standard InChI is InChI=1S/C7H16O/c1-5-6-8-7(2,3)4/h5-6H2,1-4H3. The van der Waals surface area contributed by atoms with E-state index in [1.165, 1.54) is 0 Å². The summed E-state index contributed by atoms with van der Waals surface area (Å²) in [6.07, 6.45) is 1.11. The number of ether oxygens (including phenoxy) is 1. The Morgan fingerprint density at radius 3 is 1.88 bits per heavy atom. The molecule has 0 atom stereocenters. The smallest absolute Gasteiger partial charge is 0.0598 e. The summed E-state index contributed by atoms with van der Waals surface area (Å²) in [5.74, 6) is 0. The fraction of sp³-hybridized carbons (Fsp3) is 1.00. The molecular formula is C7H16O. The van der Waals surface area contributed by atoms with Crippen LogP contribution in [-0.4, -0.2) is 12.2 Å². The third-order valence-electron chi connectivity index (χ3n) is 0.739. The summed E-state index contributed by atoms with van der Waals surface area (Å²) in [7, 11) is 0. The molecule has 8 heavy (non-hydrogen) atoms. The molecule has 1 nitrogen and oxygen atoms in total. The van der Waals surface area contributed by atoms with Crippen LogP contribution in [0.2, 0.25) is 0 Å². The van der Waals surface area contributed by atoms with E-state index in [-0.39, 0.29) is 5.60 Å². The predicted octanol–water partition coefficient (Wildman–Crippen LogP) is 2.21. The highest BCUT2D eigenvalue weighted by atomic mass is 16.5. The molecule has 0 fully saturated rings. The molecule has 0 aliphatic carbocycles. The monoisotopic (exact) mass is 116 g/mol. The minimum atomic E-state index is 0.0516. The summed E-state index contributed by atoms with van der Waals surface area (Å²) in [5, 5.41) is 0. The zero-order valence-corrected chi connectivity index (χ0v) is 6.32. The topological polar surface area (TPSA) is 9.23 Å². The summed E-state index contributed by atoms with van der Waals surface area (Å²) >= 11 is 0. The van der Waals surface area contributed by atoms with Crippen LogP contribution in [-0.2, 0) is 4.74 Å². The lowest BCUT2D eigenvalue weighted by atomic mass is 10.2. The van der Waals surface area contributed by atoms with E-state index in [2.05, 4.69) is 27.7 Å². The van der Waals surface area contributed by atoms with E-state index in [9.17, 15) is 0 Å². The molecule has 0 aliphatic rings. The zero-order valence-electron chi connectivity index (χ0n) is 6.32. The SMILES string of the molecule is CCCOC(C)(C)C. The third kappa shape index (κ3) is 5.96. The third-order valence-corrected chi connectivity index (χ3v) is 0.739. The minimum Gasteiger partial charge on any atom is -0.376 e. The number of hydrogen-bond acceptors (Lipinski definition) is 1. The highest BCUT2D eigenvalue weighted by Crippen LogP contribution is 2.05. The largest absolute Gasteiger partial charge is 0.376 e. The van der Waals surface area contributed by atoms with Crippen LogP contribution in [0.25, 0.3) is 0 Å². The van der Waals surface area contributed by atoms with Crippen LogP contribution in [0.1, 0.15) is 34.1 Å². The summed E-state index contributed by atoms with van der Waals surface area (Å²) in [6, 6.07) is 0. The normalized spacial score (nSPS) is 12.0. The molecule has 0 aromatic rings. The molecule has 0 saturated carbocycles. The van der Waals surface area contributed by atoms with Gasteiger partial charge in [0.15, 0.2) is 0 Å². The summed E-state index contributed by atoms with van der Waals surface area (Å²) in [5.41, 5.74) is 0.0516. The van der Waals surface area contributed by atoms with Crippen molar-refractivity contribution in [2.24, 2.45) is 0 Å². The summed E-state index contributed by atoms with van der Waals surface area (Å²) in [4.78, 5) is 0. The van der Waals surface area contributed by atoms with Crippen molar-refractivity contribution < 1.29 is 4.74 Å². The van der Waals surface area contributed by atoms with Crippen LogP contribution in [0, 0.1) is 0 Å². The molecule has 50 valence electrons. The molecule has 0 heterocycles. The van der Waals surface area contributed by atoms with Gasteiger partial charge in [0.05, 0.1) is 5.60 Å². The molecule has 1 heteroatoms. The van der Waals surface area contributed by atoms with Crippen molar-refractivity contribution >= 4 is 0 Å². The molecule has 0 aromatic carbocycles. The average Bonchev–Trinajstić information content (AvgIpc) is 1.59. The van der Waals surface area contributed by atoms with Crippen LogP contribution < -0.4 is 0 Å². The second-order valence-corrected chi connectivity index (χ2v) is 2.96. The van der Waals surface area contributed by atoms with Crippen molar-refractivity contribution in [3.05, 3.63) is 0 Å². The second-order valence-electron chi connectivity index (χ2n) is 2.96. The fourth-order valence-electron chi connectivity index (χ4n) is 0.408. The van der Waals surface area contributed by atoms with Gasteiger partial charge in [-0.3, -0.25) is 0 Å². The molecule has 0 spiro atoms. The van der Waals surface area contributed by atoms with Gasteiger partial charge in [-0.25, -0.2) is 0 Å². The Hall–Kier alpha value is -0.0400. The first-order chi connectivity index (χ1) is 3.56. The van der Waals surface area contributed by atoms with Crippen molar-refractivity contribution in [2.75, 3.05) is 6.61 Å². The number of hydrogen-bond donors (Lipinski definition) is 0.